The minimum atomic E-state index is -0.173. The van der Waals surface area contributed by atoms with Gasteiger partial charge in [-0.15, -0.1) is 0 Å². The maximum Gasteiger partial charge on any atom is 0.234 e. The normalized spacial score (nSPS) is 14.0. The molecule has 2 aromatic rings. The molecule has 3 rings (SSSR count). The van der Waals surface area contributed by atoms with Crippen LogP contribution >= 0.6 is 0 Å². The van der Waals surface area contributed by atoms with Crippen molar-refractivity contribution in [3.8, 4) is 5.88 Å². The number of aryl methyl sites for hydroxylation is 1. The van der Waals surface area contributed by atoms with Gasteiger partial charge in [-0.2, -0.15) is 9.97 Å². The molecule has 0 radical (unpaired) electrons. The number of nitrogens with one attached hydrogen (secondary N) is 1. The fraction of sp³-hybridized carbons (Fsp3) is 0.400. The minimum absolute atomic E-state index is 0.173. The lowest BCUT2D eigenvalue weighted by atomic mass is 10.1. The van der Waals surface area contributed by atoms with Gasteiger partial charge >= 0.3 is 0 Å². The summed E-state index contributed by atoms with van der Waals surface area (Å²) in [6, 6.07) is 9.69. The van der Waals surface area contributed by atoms with Crippen LogP contribution in [0.4, 0.5) is 11.8 Å². The molecule has 0 spiro atoms. The number of anilines is 2. The van der Waals surface area contributed by atoms with E-state index in [1.54, 1.807) is 0 Å². The summed E-state index contributed by atoms with van der Waals surface area (Å²) in [7, 11) is 3.93. The Labute approximate surface area is 195 Å². The largest absolute Gasteiger partial charge is 0.477 e. The number of aromatic nitrogens is 2. The maximum atomic E-state index is 12.6. The molecule has 2 heterocycles. The lowest BCUT2D eigenvalue weighted by Crippen LogP contribution is -2.37. The Hall–Kier alpha value is -3.39. The van der Waals surface area contributed by atoms with Crippen LogP contribution in [0, 0.1) is 6.92 Å². The lowest BCUT2D eigenvalue weighted by Gasteiger charge is -2.28. The number of allylic oxidation sites excluding steroid dienone is 1. The zero-order valence-electron chi connectivity index (χ0n) is 19.7. The van der Waals surface area contributed by atoms with Gasteiger partial charge in [-0.1, -0.05) is 42.5 Å². The van der Waals surface area contributed by atoms with Crippen LogP contribution in [0.15, 0.2) is 54.8 Å². The fourth-order valence-electron chi connectivity index (χ4n) is 3.50. The second-order valence-corrected chi connectivity index (χ2v) is 8.17. The quantitative estimate of drug-likeness (QED) is 0.556. The zero-order valence-corrected chi connectivity index (χ0v) is 19.7. The Kier molecular flexibility index (Phi) is 8.83. The average molecular weight is 452 g/mol. The first kappa shape index (κ1) is 24.3. The van der Waals surface area contributed by atoms with Crippen LogP contribution in [-0.4, -0.2) is 67.8 Å². The number of morpholine rings is 1. The number of carbonyl (C=O) groups is 1. The van der Waals surface area contributed by atoms with Gasteiger partial charge < -0.3 is 19.3 Å². The monoisotopic (exact) mass is 451 g/mol. The van der Waals surface area contributed by atoms with Gasteiger partial charge in [0.2, 0.25) is 17.7 Å². The molecule has 8 heteroatoms. The first-order chi connectivity index (χ1) is 15.9. The molecule has 1 aromatic heterocycles. The number of hydrogen-bond donors (Lipinski definition) is 1. The summed E-state index contributed by atoms with van der Waals surface area (Å²) in [5, 5.41) is 2.83. The number of hydrogen-bond acceptors (Lipinski definition) is 7. The van der Waals surface area contributed by atoms with Gasteiger partial charge in [-0.25, -0.2) is 0 Å². The fourth-order valence-corrected chi connectivity index (χ4v) is 3.50. The van der Waals surface area contributed by atoms with Crippen LogP contribution in [0.2, 0.25) is 0 Å². The second-order valence-electron chi connectivity index (χ2n) is 8.17. The third kappa shape index (κ3) is 7.91. The van der Waals surface area contributed by atoms with E-state index in [0.29, 0.717) is 37.9 Å². The third-order valence-corrected chi connectivity index (χ3v) is 5.05. The predicted molar refractivity (Wildman–Crippen MR) is 131 cm³/mol. The van der Waals surface area contributed by atoms with Gasteiger partial charge in [-0.3, -0.25) is 10.1 Å². The molecule has 8 nitrogen and oxygen atoms in total. The van der Waals surface area contributed by atoms with Gasteiger partial charge in [0.1, 0.15) is 5.82 Å². The van der Waals surface area contributed by atoms with Gasteiger partial charge in [0.15, 0.2) is 0 Å². The Balaban J connectivity index is 1.72. The molecule has 1 amide bonds. The summed E-state index contributed by atoms with van der Waals surface area (Å²) in [6.07, 6.45) is 4.76. The van der Waals surface area contributed by atoms with Gasteiger partial charge in [0, 0.05) is 45.9 Å². The summed E-state index contributed by atoms with van der Waals surface area (Å²) in [5.74, 6) is 1.19. The van der Waals surface area contributed by atoms with Gasteiger partial charge in [-0.05, 0) is 18.1 Å². The smallest absolute Gasteiger partial charge is 0.234 e. The highest BCUT2D eigenvalue weighted by molar-refractivity contribution is 5.90. The van der Waals surface area contributed by atoms with Crippen LogP contribution < -0.4 is 15.0 Å². The van der Waals surface area contributed by atoms with E-state index in [1.807, 2.05) is 68.5 Å². The van der Waals surface area contributed by atoms with E-state index in [4.69, 9.17) is 9.47 Å². The van der Waals surface area contributed by atoms with Crippen molar-refractivity contribution in [3.63, 3.8) is 0 Å². The third-order valence-electron chi connectivity index (χ3n) is 5.05. The molecule has 1 aliphatic heterocycles. The Morgan fingerprint density at radius 3 is 2.76 bits per heavy atom. The highest BCUT2D eigenvalue weighted by Crippen LogP contribution is 2.22. The van der Waals surface area contributed by atoms with Crippen LogP contribution in [0.25, 0.3) is 0 Å². The number of ether oxygens (including phenoxy) is 2. The zero-order chi connectivity index (χ0) is 23.6. The molecule has 0 unspecified atom stereocenters. The highest BCUT2D eigenvalue weighted by atomic mass is 16.5. The van der Waals surface area contributed by atoms with Crippen LogP contribution in [0.3, 0.4) is 0 Å². The van der Waals surface area contributed by atoms with Crippen molar-refractivity contribution in [3.05, 3.63) is 65.9 Å². The molecule has 1 aliphatic rings. The summed E-state index contributed by atoms with van der Waals surface area (Å²) in [5.41, 5.74) is 3.12. The van der Waals surface area contributed by atoms with Crippen LogP contribution in [0.1, 0.15) is 17.5 Å². The SMILES string of the molecule is C=C/C(=C\N(C)C)CCOc1cc(N2CCOCC2)nc(NC(=O)Cc2cccc(C)c2)n1. The van der Waals surface area contributed by atoms with Crippen molar-refractivity contribution in [2.24, 2.45) is 0 Å². The van der Waals surface area contributed by atoms with Crippen molar-refractivity contribution >= 4 is 17.7 Å². The van der Waals surface area contributed by atoms with Crippen molar-refractivity contribution in [1.29, 1.82) is 0 Å². The van der Waals surface area contributed by atoms with Crippen molar-refractivity contribution in [2.75, 3.05) is 57.2 Å². The minimum Gasteiger partial charge on any atom is -0.477 e. The molecular formula is C25H33N5O3. The number of nitrogens with zero attached hydrogens (tertiary/aromatic N) is 4. The molecule has 1 saturated heterocycles. The standard InChI is InChI=1S/C25H33N5O3/c1-5-20(18-29(3)4)9-12-33-24-17-22(30-10-13-32-14-11-30)26-25(28-24)27-23(31)16-21-8-6-7-19(2)15-21/h5-8,15,17-18H,1,9-14,16H2,2-4H3,(H,26,27,28,31)/b20-18+. The second kappa shape index (κ2) is 12.0. The molecule has 0 bridgehead atoms. The summed E-state index contributed by atoms with van der Waals surface area (Å²) < 4.78 is 11.4. The highest BCUT2D eigenvalue weighted by Gasteiger charge is 2.17. The average Bonchev–Trinajstić information content (AvgIpc) is 2.78. The molecule has 0 atom stereocenters. The van der Waals surface area contributed by atoms with E-state index in [2.05, 4.69) is 26.8 Å². The number of rotatable bonds is 10. The van der Waals surface area contributed by atoms with E-state index in [9.17, 15) is 4.79 Å². The van der Waals surface area contributed by atoms with Crippen LogP contribution in [0.5, 0.6) is 5.88 Å². The van der Waals surface area contributed by atoms with E-state index >= 15 is 0 Å². The molecule has 1 N–H and O–H groups in total. The van der Waals surface area contributed by atoms with Gasteiger partial charge in [0.05, 0.1) is 26.2 Å². The molecule has 1 fully saturated rings. The summed E-state index contributed by atoms with van der Waals surface area (Å²) in [6.45, 7) is 9.00. The molecule has 0 aliphatic carbocycles. The van der Waals surface area contributed by atoms with Crippen molar-refractivity contribution in [2.45, 2.75) is 19.8 Å². The maximum absolute atomic E-state index is 12.6. The van der Waals surface area contributed by atoms with E-state index in [1.165, 1.54) is 0 Å². The Bertz CT molecular complexity index is 984. The first-order valence-electron chi connectivity index (χ1n) is 11.1. The summed E-state index contributed by atoms with van der Waals surface area (Å²) >= 11 is 0. The van der Waals surface area contributed by atoms with E-state index in [-0.39, 0.29) is 18.3 Å². The van der Waals surface area contributed by atoms with Crippen molar-refractivity contribution in [1.82, 2.24) is 14.9 Å². The number of benzene rings is 1. The Morgan fingerprint density at radius 2 is 2.06 bits per heavy atom. The molecule has 33 heavy (non-hydrogen) atoms. The number of carbonyl (C=O) groups excluding carboxylic acids is 1. The van der Waals surface area contributed by atoms with Crippen LogP contribution in [-0.2, 0) is 16.0 Å². The molecular weight excluding hydrogens is 418 g/mol. The molecule has 1 aromatic carbocycles. The van der Waals surface area contributed by atoms with E-state index < -0.39 is 0 Å². The summed E-state index contributed by atoms with van der Waals surface area (Å²) in [4.78, 5) is 25.7. The number of amides is 1. The molecule has 0 saturated carbocycles. The first-order valence-corrected chi connectivity index (χ1v) is 11.1. The van der Waals surface area contributed by atoms with Crippen molar-refractivity contribution < 1.29 is 14.3 Å². The predicted octanol–water partition coefficient (Wildman–Crippen LogP) is 3.20. The lowest BCUT2D eigenvalue weighted by molar-refractivity contribution is -0.115. The molecule has 176 valence electrons. The topological polar surface area (TPSA) is 79.8 Å². The Morgan fingerprint density at radius 1 is 1.27 bits per heavy atom. The van der Waals surface area contributed by atoms with Gasteiger partial charge in [0.25, 0.3) is 0 Å². The van der Waals surface area contributed by atoms with E-state index in [0.717, 1.165) is 29.8 Å².